The summed E-state index contributed by atoms with van der Waals surface area (Å²) in [6, 6.07) is 0.375. The van der Waals surface area contributed by atoms with E-state index in [9.17, 15) is 4.79 Å². The minimum atomic E-state index is -0.144. The lowest BCUT2D eigenvalue weighted by Crippen LogP contribution is -2.37. The van der Waals surface area contributed by atoms with Crippen molar-refractivity contribution in [2.45, 2.75) is 87.6 Å². The Labute approximate surface area is 142 Å². The van der Waals surface area contributed by atoms with Gasteiger partial charge < -0.3 is 5.32 Å². The maximum Gasteiger partial charge on any atom is 0.233 e. The minimum Gasteiger partial charge on any atom is -0.352 e. The zero-order valence-electron chi connectivity index (χ0n) is 14.0. The lowest BCUT2D eigenvalue weighted by Gasteiger charge is -2.15. The number of hydrogen-bond acceptors (Lipinski definition) is 4. The van der Waals surface area contributed by atoms with Crippen LogP contribution >= 0.6 is 11.8 Å². The van der Waals surface area contributed by atoms with Crippen molar-refractivity contribution >= 4 is 17.7 Å². The Morgan fingerprint density at radius 1 is 1.26 bits per heavy atom. The number of carbonyl (C=O) groups is 1. The van der Waals surface area contributed by atoms with Crippen LogP contribution in [0.1, 0.15) is 70.5 Å². The van der Waals surface area contributed by atoms with Gasteiger partial charge in [-0.2, -0.15) is 0 Å². The Morgan fingerprint density at radius 2 is 1.96 bits per heavy atom. The molecule has 6 heteroatoms. The van der Waals surface area contributed by atoms with E-state index in [0.29, 0.717) is 11.2 Å². The summed E-state index contributed by atoms with van der Waals surface area (Å²) in [6.45, 7) is 1.93. The Hall–Kier alpha value is -1.04. The maximum absolute atomic E-state index is 12.2. The van der Waals surface area contributed by atoms with E-state index in [1.54, 1.807) is 0 Å². The number of hydrogen-bond donors (Lipinski definition) is 2. The highest BCUT2D eigenvalue weighted by molar-refractivity contribution is 8.00. The second-order valence-electron chi connectivity index (χ2n) is 7.00. The fourth-order valence-corrected chi connectivity index (χ4v) is 4.44. The molecular weight excluding hydrogens is 308 g/mol. The number of carbonyl (C=O) groups excluding carboxylic acids is 1. The molecule has 0 saturated heterocycles. The van der Waals surface area contributed by atoms with Gasteiger partial charge in [-0.25, -0.2) is 4.98 Å². The predicted octanol–water partition coefficient (Wildman–Crippen LogP) is 3.47. The van der Waals surface area contributed by atoms with Crippen LogP contribution in [0, 0.1) is 5.92 Å². The molecule has 2 aliphatic rings. The van der Waals surface area contributed by atoms with Crippen molar-refractivity contribution < 1.29 is 4.79 Å². The molecule has 2 saturated carbocycles. The molecule has 0 bridgehead atoms. The zero-order chi connectivity index (χ0) is 16.1. The molecule has 1 aromatic rings. The monoisotopic (exact) mass is 336 g/mol. The summed E-state index contributed by atoms with van der Waals surface area (Å²) in [5.41, 5.74) is 0. The molecule has 1 aromatic heterocycles. The summed E-state index contributed by atoms with van der Waals surface area (Å²) in [7, 11) is 0. The molecule has 2 N–H and O–H groups in total. The summed E-state index contributed by atoms with van der Waals surface area (Å²) >= 11 is 1.45. The Bertz CT molecular complexity index is 506. The maximum atomic E-state index is 12.2. The third kappa shape index (κ3) is 4.96. The lowest BCUT2D eigenvalue weighted by atomic mass is 10.0. The molecule has 0 aliphatic heterocycles. The number of thioether (sulfide) groups is 1. The first-order valence-corrected chi connectivity index (χ1v) is 9.97. The number of aromatic nitrogens is 3. The molecule has 0 spiro atoms. The zero-order valence-corrected chi connectivity index (χ0v) is 14.8. The number of nitrogens with zero attached hydrogens (tertiary/aromatic N) is 2. The topological polar surface area (TPSA) is 70.7 Å². The smallest absolute Gasteiger partial charge is 0.233 e. The quantitative estimate of drug-likeness (QED) is 0.748. The van der Waals surface area contributed by atoms with Crippen LogP contribution < -0.4 is 5.32 Å². The summed E-state index contributed by atoms with van der Waals surface area (Å²) in [5.74, 6) is 1.94. The number of aryl methyl sites for hydroxylation is 1. The molecule has 3 rings (SSSR count). The van der Waals surface area contributed by atoms with Crippen molar-refractivity contribution in [3.05, 3.63) is 5.82 Å². The fraction of sp³-hybridized carbons (Fsp3) is 0.824. The molecule has 1 heterocycles. The normalized spacial score (nSPS) is 20.9. The number of nitrogens with one attached hydrogen (secondary N) is 2. The number of rotatable bonds is 7. The van der Waals surface area contributed by atoms with Gasteiger partial charge in [0.1, 0.15) is 5.82 Å². The van der Waals surface area contributed by atoms with Gasteiger partial charge in [0, 0.05) is 12.5 Å². The van der Waals surface area contributed by atoms with Gasteiger partial charge in [-0.15, -0.1) is 5.10 Å². The summed E-state index contributed by atoms with van der Waals surface area (Å²) in [5, 5.41) is 11.0. The van der Waals surface area contributed by atoms with Crippen LogP contribution in [0.15, 0.2) is 5.16 Å². The molecular formula is C17H28N4OS. The first kappa shape index (κ1) is 16.8. The fourth-order valence-electron chi connectivity index (χ4n) is 3.68. The third-order valence-corrected chi connectivity index (χ3v) is 6.09. The van der Waals surface area contributed by atoms with Crippen molar-refractivity contribution in [1.82, 2.24) is 20.5 Å². The largest absolute Gasteiger partial charge is 0.352 e. The second-order valence-corrected chi connectivity index (χ2v) is 8.31. The highest BCUT2D eigenvalue weighted by Gasteiger charge is 2.22. The average molecular weight is 337 g/mol. The number of amides is 1. The minimum absolute atomic E-state index is 0.110. The summed E-state index contributed by atoms with van der Waals surface area (Å²) in [4.78, 5) is 16.8. The molecule has 1 unspecified atom stereocenters. The highest BCUT2D eigenvalue weighted by atomic mass is 32.2. The van der Waals surface area contributed by atoms with Crippen LogP contribution in [0.3, 0.4) is 0 Å². The molecule has 2 fully saturated rings. The van der Waals surface area contributed by atoms with Crippen LogP contribution in [-0.2, 0) is 11.2 Å². The van der Waals surface area contributed by atoms with Crippen molar-refractivity contribution in [1.29, 1.82) is 0 Å². The van der Waals surface area contributed by atoms with Crippen molar-refractivity contribution in [2.24, 2.45) is 5.92 Å². The third-order valence-electron chi connectivity index (χ3n) is 5.13. The first-order chi connectivity index (χ1) is 11.2. The van der Waals surface area contributed by atoms with Gasteiger partial charge in [0.15, 0.2) is 0 Å². The van der Waals surface area contributed by atoms with Gasteiger partial charge in [0.25, 0.3) is 0 Å². The van der Waals surface area contributed by atoms with Gasteiger partial charge in [0.05, 0.1) is 5.25 Å². The Balaban J connectivity index is 1.42. The van der Waals surface area contributed by atoms with Gasteiger partial charge in [0.2, 0.25) is 11.1 Å². The molecule has 0 aromatic carbocycles. The van der Waals surface area contributed by atoms with Crippen LogP contribution in [0.25, 0.3) is 0 Å². The predicted molar refractivity (Wildman–Crippen MR) is 92.4 cm³/mol. The van der Waals surface area contributed by atoms with Crippen LogP contribution in [-0.4, -0.2) is 32.4 Å². The van der Waals surface area contributed by atoms with Gasteiger partial charge >= 0.3 is 0 Å². The van der Waals surface area contributed by atoms with Crippen molar-refractivity contribution in [3.8, 4) is 0 Å². The van der Waals surface area contributed by atoms with E-state index >= 15 is 0 Å². The molecule has 23 heavy (non-hydrogen) atoms. The van der Waals surface area contributed by atoms with E-state index in [-0.39, 0.29) is 11.2 Å². The van der Waals surface area contributed by atoms with Gasteiger partial charge in [-0.05, 0) is 32.1 Å². The Morgan fingerprint density at radius 3 is 2.70 bits per heavy atom. The SMILES string of the molecule is CC(Sc1n[nH]c(CCC2CCCC2)n1)C(=O)NC1CCCC1. The van der Waals surface area contributed by atoms with E-state index in [0.717, 1.165) is 31.0 Å². The first-order valence-electron chi connectivity index (χ1n) is 9.09. The molecule has 1 atom stereocenters. The van der Waals surface area contributed by atoms with E-state index in [4.69, 9.17) is 0 Å². The van der Waals surface area contributed by atoms with E-state index in [1.165, 1.54) is 56.7 Å². The van der Waals surface area contributed by atoms with E-state index in [2.05, 4.69) is 20.5 Å². The molecule has 5 nitrogen and oxygen atoms in total. The molecule has 128 valence electrons. The summed E-state index contributed by atoms with van der Waals surface area (Å²) in [6.07, 6.45) is 12.4. The van der Waals surface area contributed by atoms with Crippen molar-refractivity contribution in [2.75, 3.05) is 0 Å². The molecule has 1 amide bonds. The number of H-pyrrole nitrogens is 1. The van der Waals surface area contributed by atoms with Crippen LogP contribution in [0.2, 0.25) is 0 Å². The van der Waals surface area contributed by atoms with Gasteiger partial charge in [-0.3, -0.25) is 9.89 Å². The summed E-state index contributed by atoms with van der Waals surface area (Å²) < 4.78 is 0. The lowest BCUT2D eigenvalue weighted by molar-refractivity contribution is -0.120. The van der Waals surface area contributed by atoms with Crippen LogP contribution in [0.5, 0.6) is 0 Å². The highest BCUT2D eigenvalue weighted by Crippen LogP contribution is 2.28. The molecule has 2 aliphatic carbocycles. The van der Waals surface area contributed by atoms with E-state index in [1.807, 2.05) is 6.92 Å². The second kappa shape index (κ2) is 8.18. The number of aromatic amines is 1. The van der Waals surface area contributed by atoms with Crippen molar-refractivity contribution in [3.63, 3.8) is 0 Å². The average Bonchev–Trinajstić information content (AvgIpc) is 3.28. The van der Waals surface area contributed by atoms with Gasteiger partial charge in [-0.1, -0.05) is 50.3 Å². The standard InChI is InChI=1S/C17H28N4OS/c1-12(16(22)18-14-8-4-5-9-14)23-17-19-15(20-21-17)11-10-13-6-2-3-7-13/h12-14H,2-11H2,1H3,(H,18,22)(H,19,20,21). The Kier molecular flexibility index (Phi) is 5.97. The van der Waals surface area contributed by atoms with Crippen LogP contribution in [0.4, 0.5) is 0 Å². The van der Waals surface area contributed by atoms with E-state index < -0.39 is 0 Å². The molecule has 0 radical (unpaired) electrons.